The summed E-state index contributed by atoms with van der Waals surface area (Å²) < 4.78 is 1.56. The van der Waals surface area contributed by atoms with Crippen LogP contribution in [0.3, 0.4) is 0 Å². The predicted octanol–water partition coefficient (Wildman–Crippen LogP) is 0.0170. The summed E-state index contributed by atoms with van der Waals surface area (Å²) in [4.78, 5) is 32.4. The molecule has 1 saturated carbocycles. The van der Waals surface area contributed by atoms with Crippen LogP contribution in [-0.4, -0.2) is 59.0 Å². The summed E-state index contributed by atoms with van der Waals surface area (Å²) in [6, 6.07) is 10.0. The van der Waals surface area contributed by atoms with Crippen molar-refractivity contribution in [1.82, 2.24) is 29.5 Å². The van der Waals surface area contributed by atoms with Crippen molar-refractivity contribution in [3.63, 3.8) is 0 Å². The molecule has 4 aromatic rings. The zero-order valence-corrected chi connectivity index (χ0v) is 18.0. The fourth-order valence-electron chi connectivity index (χ4n) is 3.68. The van der Waals surface area contributed by atoms with E-state index in [9.17, 15) is 15.0 Å². The van der Waals surface area contributed by atoms with E-state index in [1.165, 1.54) is 0 Å². The van der Waals surface area contributed by atoms with Crippen molar-refractivity contribution in [2.75, 3.05) is 18.1 Å². The van der Waals surface area contributed by atoms with E-state index >= 15 is 0 Å². The molecule has 11 nitrogen and oxygen atoms in total. The third kappa shape index (κ3) is 4.22. The molecule has 1 aromatic carbocycles. The van der Waals surface area contributed by atoms with Gasteiger partial charge in [-0.15, -0.1) is 0 Å². The minimum absolute atomic E-state index is 0.0719. The molecule has 33 heavy (non-hydrogen) atoms. The Balaban J connectivity index is 1.70. The van der Waals surface area contributed by atoms with Gasteiger partial charge in [-0.3, -0.25) is 4.98 Å². The number of nitrogens with one attached hydrogen (secondary N) is 2. The topological polar surface area (TPSA) is 148 Å². The highest BCUT2D eigenvalue weighted by Crippen LogP contribution is 2.24. The van der Waals surface area contributed by atoms with E-state index in [-0.39, 0.29) is 30.3 Å². The molecule has 5 rings (SSSR count). The van der Waals surface area contributed by atoms with Crippen LogP contribution in [0.15, 0.2) is 46.3 Å². The number of fused-ring (bicyclic) bond motifs is 1. The third-order valence-corrected chi connectivity index (χ3v) is 5.59. The Morgan fingerprint density at radius 1 is 1.27 bits per heavy atom. The van der Waals surface area contributed by atoms with Crippen molar-refractivity contribution in [3.05, 3.63) is 69.1 Å². The number of benzene rings is 1. The first-order chi connectivity index (χ1) is 16.0. The van der Waals surface area contributed by atoms with Crippen molar-refractivity contribution < 1.29 is 10.2 Å². The number of hydrogen-bond acceptors (Lipinski definition) is 8. The van der Waals surface area contributed by atoms with Crippen LogP contribution in [0.5, 0.6) is 5.88 Å². The summed E-state index contributed by atoms with van der Waals surface area (Å²) in [6.07, 6.45) is 5.17. The molecule has 3 aromatic heterocycles. The molecular formula is C22H24N8O3. The maximum Gasteiger partial charge on any atom is 0.326 e. The summed E-state index contributed by atoms with van der Waals surface area (Å²) in [5.74, 6) is 0.144. The Kier molecular flexibility index (Phi) is 5.38. The van der Waals surface area contributed by atoms with Crippen LogP contribution in [0.25, 0.3) is 11.7 Å². The molecule has 0 radical (unpaired) electrons. The fraction of sp³-hybridized carbons (Fsp3) is 0.318. The Morgan fingerprint density at radius 2 is 2.06 bits per heavy atom. The molecule has 0 bridgehead atoms. The van der Waals surface area contributed by atoms with Gasteiger partial charge in [-0.05, 0) is 31.4 Å². The SMILES string of the molecule is C[C@H](c1ccccc1)N(CCO)c1nc(=NC2CC2)n2nc/c(=C\c3[nH]c(=O)[nH]c3O)c2n1. The molecule has 1 atom stereocenters. The molecule has 170 valence electrons. The molecule has 1 aliphatic carbocycles. The van der Waals surface area contributed by atoms with Gasteiger partial charge >= 0.3 is 5.69 Å². The lowest BCUT2D eigenvalue weighted by Crippen LogP contribution is -2.35. The molecule has 3 heterocycles. The molecule has 0 amide bonds. The number of imidazole rings is 1. The van der Waals surface area contributed by atoms with Gasteiger partial charge in [-0.1, -0.05) is 30.3 Å². The number of aromatic amines is 2. The molecular weight excluding hydrogens is 424 g/mol. The number of aromatic nitrogens is 6. The van der Waals surface area contributed by atoms with Gasteiger partial charge in [-0.25, -0.2) is 9.79 Å². The van der Waals surface area contributed by atoms with Gasteiger partial charge in [0.2, 0.25) is 11.8 Å². The lowest BCUT2D eigenvalue weighted by Gasteiger charge is -2.29. The first-order valence-electron chi connectivity index (χ1n) is 10.8. The quantitative estimate of drug-likeness (QED) is 0.311. The number of aliphatic hydroxyl groups is 1. The van der Waals surface area contributed by atoms with Gasteiger partial charge < -0.3 is 20.1 Å². The van der Waals surface area contributed by atoms with Gasteiger partial charge in [0, 0.05) is 11.8 Å². The summed E-state index contributed by atoms with van der Waals surface area (Å²) in [5, 5.41) is 24.7. The number of aromatic hydroxyl groups is 1. The van der Waals surface area contributed by atoms with Crippen LogP contribution in [-0.2, 0) is 0 Å². The van der Waals surface area contributed by atoms with Crippen LogP contribution in [0.1, 0.15) is 37.1 Å². The normalized spacial score (nSPS) is 15.9. The van der Waals surface area contributed by atoms with E-state index in [4.69, 9.17) is 15.0 Å². The number of H-pyrrole nitrogens is 2. The van der Waals surface area contributed by atoms with Gasteiger partial charge in [0.1, 0.15) is 5.69 Å². The summed E-state index contributed by atoms with van der Waals surface area (Å²) in [7, 11) is 0. The van der Waals surface area contributed by atoms with Gasteiger partial charge in [-0.2, -0.15) is 19.6 Å². The predicted molar refractivity (Wildman–Crippen MR) is 121 cm³/mol. The van der Waals surface area contributed by atoms with Crippen LogP contribution >= 0.6 is 0 Å². The lowest BCUT2D eigenvalue weighted by molar-refractivity contribution is 0.297. The Morgan fingerprint density at radius 3 is 2.73 bits per heavy atom. The number of hydrogen-bond donors (Lipinski definition) is 4. The molecule has 0 unspecified atom stereocenters. The maximum atomic E-state index is 11.5. The Hall–Kier alpha value is -3.99. The number of anilines is 1. The molecule has 0 aliphatic heterocycles. The number of rotatable bonds is 7. The minimum atomic E-state index is -0.513. The van der Waals surface area contributed by atoms with Crippen molar-refractivity contribution in [1.29, 1.82) is 0 Å². The highest BCUT2D eigenvalue weighted by Gasteiger charge is 2.23. The van der Waals surface area contributed by atoms with Crippen LogP contribution in [0.2, 0.25) is 0 Å². The van der Waals surface area contributed by atoms with Crippen LogP contribution in [0.4, 0.5) is 5.95 Å². The molecule has 0 saturated heterocycles. The second kappa shape index (κ2) is 8.51. The van der Waals surface area contributed by atoms with Crippen LogP contribution < -0.4 is 21.4 Å². The first-order valence-corrected chi connectivity index (χ1v) is 10.8. The average Bonchev–Trinajstić information content (AvgIpc) is 3.45. The van der Waals surface area contributed by atoms with Crippen molar-refractivity contribution in [2.45, 2.75) is 31.8 Å². The summed E-state index contributed by atoms with van der Waals surface area (Å²) in [5.41, 5.74) is 1.67. The Labute approximate surface area is 187 Å². The third-order valence-electron chi connectivity index (χ3n) is 5.59. The smallest absolute Gasteiger partial charge is 0.326 e. The average molecular weight is 448 g/mol. The maximum absolute atomic E-state index is 11.5. The molecule has 4 N–H and O–H groups in total. The fourth-order valence-corrected chi connectivity index (χ4v) is 3.68. The largest absolute Gasteiger partial charge is 0.493 e. The van der Waals surface area contributed by atoms with Crippen LogP contribution in [0, 0.1) is 0 Å². The van der Waals surface area contributed by atoms with Crippen molar-refractivity contribution >= 4 is 17.7 Å². The highest BCUT2D eigenvalue weighted by molar-refractivity contribution is 5.57. The number of aliphatic hydroxyl groups excluding tert-OH is 1. The van der Waals surface area contributed by atoms with Gasteiger partial charge in [0.05, 0.1) is 24.9 Å². The van der Waals surface area contributed by atoms with Crippen molar-refractivity contribution in [2.24, 2.45) is 4.99 Å². The molecule has 1 aliphatic rings. The Bertz CT molecular complexity index is 1450. The van der Waals surface area contributed by atoms with E-state index in [0.717, 1.165) is 18.4 Å². The van der Waals surface area contributed by atoms with E-state index in [1.54, 1.807) is 16.8 Å². The van der Waals surface area contributed by atoms with Gasteiger partial charge in [0.25, 0.3) is 5.62 Å². The monoisotopic (exact) mass is 448 g/mol. The van der Waals surface area contributed by atoms with E-state index < -0.39 is 5.69 Å². The molecule has 0 spiro atoms. The van der Waals surface area contributed by atoms with E-state index in [2.05, 4.69) is 15.1 Å². The first kappa shape index (κ1) is 20.9. The zero-order valence-electron chi connectivity index (χ0n) is 18.0. The summed E-state index contributed by atoms with van der Waals surface area (Å²) >= 11 is 0. The molecule has 1 fully saturated rings. The van der Waals surface area contributed by atoms with E-state index in [1.807, 2.05) is 42.2 Å². The zero-order chi connectivity index (χ0) is 22.9. The molecule has 11 heteroatoms. The highest BCUT2D eigenvalue weighted by atomic mass is 16.3. The van der Waals surface area contributed by atoms with Crippen molar-refractivity contribution in [3.8, 4) is 5.88 Å². The van der Waals surface area contributed by atoms with Gasteiger partial charge in [0.15, 0.2) is 5.65 Å². The summed E-state index contributed by atoms with van der Waals surface area (Å²) in [6.45, 7) is 2.29. The van der Waals surface area contributed by atoms with E-state index in [0.29, 0.717) is 29.0 Å². The standard InChI is InChI=1S/C22H24N8O3/c1-13(14-5-3-2-4-6-14)29(9-10-31)20-26-18-15(11-17-19(32)27-22(33)25-17)12-23-30(18)21(28-20)24-16-7-8-16/h2-6,11-13,16,31-32H,7-10H2,1H3,(H2,25,27,33)/b15-11+,24-21?/t13-/m1/s1. The second-order valence-corrected chi connectivity index (χ2v) is 8.01. The lowest BCUT2D eigenvalue weighted by atomic mass is 10.1. The number of nitrogens with zero attached hydrogens (tertiary/aromatic N) is 6. The second-order valence-electron chi connectivity index (χ2n) is 8.01. The minimum Gasteiger partial charge on any atom is -0.493 e.